The summed E-state index contributed by atoms with van der Waals surface area (Å²) >= 11 is 0. The number of nitrogens with zero attached hydrogens (tertiary/aromatic N) is 2. The number of carbonyl (C=O) groups excluding carboxylic acids is 2. The lowest BCUT2D eigenvalue weighted by atomic mass is 10.1. The molecule has 32 heavy (non-hydrogen) atoms. The van der Waals surface area contributed by atoms with Gasteiger partial charge in [0.15, 0.2) is 0 Å². The van der Waals surface area contributed by atoms with Gasteiger partial charge >= 0.3 is 12.1 Å². The van der Waals surface area contributed by atoms with Gasteiger partial charge in [0.05, 0.1) is 0 Å². The maximum Gasteiger partial charge on any atom is 0.414 e. The van der Waals surface area contributed by atoms with E-state index in [1.165, 1.54) is 0 Å². The molecule has 0 saturated carbocycles. The lowest BCUT2D eigenvalue weighted by Crippen LogP contribution is -2.57. The Morgan fingerprint density at radius 1 is 1.16 bits per heavy atom. The lowest BCUT2D eigenvalue weighted by Gasteiger charge is -2.33. The van der Waals surface area contributed by atoms with Gasteiger partial charge in [-0.2, -0.15) is 0 Å². The molecule has 0 aliphatic heterocycles. The van der Waals surface area contributed by atoms with E-state index < -0.39 is 43.4 Å². The van der Waals surface area contributed by atoms with Crippen LogP contribution in [0.15, 0.2) is 43.0 Å². The summed E-state index contributed by atoms with van der Waals surface area (Å²) in [5, 5.41) is 29.9. The molecule has 174 valence electrons. The molecule has 1 rings (SSSR count). The Bertz CT molecular complexity index is 910. The highest BCUT2D eigenvalue weighted by atomic mass is 16.5. The third-order valence-electron chi connectivity index (χ3n) is 4.00. The fourth-order valence-corrected chi connectivity index (χ4v) is 2.42. The van der Waals surface area contributed by atoms with Crippen molar-refractivity contribution in [3.8, 4) is 0 Å². The number of carboxylic acid groups (broad SMARTS) is 1. The standard InChI is InChI=1S/C21H30N6O5/c1-3-4-5-6-10-13-17(28)24-20(23)27(14-18(29)30)26(2)19(22)25-21(31)32-15-16-11-8-7-9-12-16/h3,7-9,11-12H,1,4-6,10,13-15H2,2H3,(H,29,30)(H2,22,25,31)(H2,23,24,28)/i2D3. The second kappa shape index (κ2) is 14.2. The van der Waals surface area contributed by atoms with Crippen LogP contribution in [-0.2, 0) is 20.9 Å². The van der Waals surface area contributed by atoms with E-state index in [0.29, 0.717) is 17.0 Å². The number of carbonyl (C=O) groups is 3. The van der Waals surface area contributed by atoms with Crippen molar-refractivity contribution in [2.24, 2.45) is 0 Å². The van der Waals surface area contributed by atoms with Crippen LogP contribution >= 0.6 is 0 Å². The summed E-state index contributed by atoms with van der Waals surface area (Å²) in [6.07, 6.45) is 3.46. The van der Waals surface area contributed by atoms with Crippen LogP contribution < -0.4 is 10.6 Å². The molecule has 1 aromatic rings. The number of ether oxygens (including phenoxy) is 1. The van der Waals surface area contributed by atoms with Gasteiger partial charge in [0.2, 0.25) is 17.8 Å². The van der Waals surface area contributed by atoms with Crippen LogP contribution in [0.25, 0.3) is 0 Å². The first-order valence-electron chi connectivity index (χ1n) is 11.3. The number of hydrazine groups is 1. The monoisotopic (exact) mass is 449 g/mol. The van der Waals surface area contributed by atoms with Crippen LogP contribution in [-0.4, -0.2) is 58.5 Å². The van der Waals surface area contributed by atoms with Gasteiger partial charge in [-0.3, -0.25) is 36.1 Å². The van der Waals surface area contributed by atoms with E-state index in [2.05, 4.69) is 11.9 Å². The van der Waals surface area contributed by atoms with Crippen LogP contribution in [0, 0.1) is 10.8 Å². The van der Waals surface area contributed by atoms with E-state index in [0.717, 1.165) is 19.3 Å². The van der Waals surface area contributed by atoms with Gasteiger partial charge in [-0.15, -0.1) is 6.58 Å². The first kappa shape index (κ1) is 21.3. The van der Waals surface area contributed by atoms with Crippen molar-refractivity contribution < 1.29 is 28.3 Å². The van der Waals surface area contributed by atoms with Gasteiger partial charge in [-0.05, 0) is 24.8 Å². The molecular formula is C21H30N6O5. The number of carboxylic acids is 1. The Labute approximate surface area is 191 Å². The molecule has 0 saturated heterocycles. The van der Waals surface area contributed by atoms with Gasteiger partial charge in [-0.1, -0.05) is 42.8 Å². The van der Waals surface area contributed by atoms with Crippen molar-refractivity contribution in [1.29, 1.82) is 10.8 Å². The summed E-state index contributed by atoms with van der Waals surface area (Å²) in [5.41, 5.74) is 0.642. The fourth-order valence-electron chi connectivity index (χ4n) is 2.42. The first-order chi connectivity index (χ1) is 16.5. The fraction of sp³-hybridized carbons (Fsp3) is 0.381. The van der Waals surface area contributed by atoms with E-state index in [1.54, 1.807) is 36.4 Å². The minimum absolute atomic E-state index is 0.0235. The normalized spacial score (nSPS) is 11.7. The quantitative estimate of drug-likeness (QED) is 0.120. The van der Waals surface area contributed by atoms with Gasteiger partial charge in [0.1, 0.15) is 13.2 Å². The largest absolute Gasteiger partial charge is 0.480 e. The molecule has 0 heterocycles. The van der Waals surface area contributed by atoms with Crippen LogP contribution in [0.5, 0.6) is 0 Å². The molecule has 0 spiro atoms. The van der Waals surface area contributed by atoms with Gasteiger partial charge in [0.25, 0.3) is 0 Å². The number of rotatable bonds is 10. The van der Waals surface area contributed by atoms with Gasteiger partial charge in [-0.25, -0.2) is 9.80 Å². The minimum Gasteiger partial charge on any atom is -0.480 e. The molecule has 0 aliphatic carbocycles. The molecule has 0 aromatic heterocycles. The Hall–Kier alpha value is -3.89. The van der Waals surface area contributed by atoms with Crippen molar-refractivity contribution in [2.45, 2.75) is 38.7 Å². The van der Waals surface area contributed by atoms with E-state index >= 15 is 0 Å². The average Bonchev–Trinajstić information content (AvgIpc) is 2.76. The molecule has 11 heteroatoms. The number of aliphatic carboxylic acids is 1. The van der Waals surface area contributed by atoms with Crippen LogP contribution in [0.4, 0.5) is 4.79 Å². The zero-order valence-corrected chi connectivity index (χ0v) is 17.6. The Balaban J connectivity index is 2.88. The molecule has 0 unspecified atom stereocenters. The molecule has 0 fully saturated rings. The van der Waals surface area contributed by atoms with E-state index in [-0.39, 0.29) is 18.0 Å². The highest BCUT2D eigenvalue weighted by Gasteiger charge is 2.23. The lowest BCUT2D eigenvalue weighted by molar-refractivity contribution is -0.139. The molecule has 0 radical (unpaired) electrons. The predicted octanol–water partition coefficient (Wildman–Crippen LogP) is 2.27. The molecule has 1 aromatic carbocycles. The predicted molar refractivity (Wildman–Crippen MR) is 119 cm³/mol. The summed E-state index contributed by atoms with van der Waals surface area (Å²) in [6.45, 7) is -0.833. The molecule has 0 atom stereocenters. The molecule has 2 amide bonds. The zero-order valence-electron chi connectivity index (χ0n) is 20.6. The SMILES string of the molecule is [2H]C([2H])([2H])N(C(=N)NC(=O)OCc1ccccc1)N(CC(=O)O)C(=N)NC(=O)CCCCCC=C. The highest BCUT2D eigenvalue weighted by Crippen LogP contribution is 2.04. The second-order valence-corrected chi connectivity index (χ2v) is 6.58. The number of unbranched alkanes of at least 4 members (excludes halogenated alkanes) is 3. The maximum absolute atomic E-state index is 12.2. The molecule has 0 aliphatic rings. The van der Waals surface area contributed by atoms with Crippen LogP contribution in [0.3, 0.4) is 0 Å². The average molecular weight is 450 g/mol. The zero-order chi connectivity index (χ0) is 26.4. The molecule has 5 N–H and O–H groups in total. The third-order valence-corrected chi connectivity index (χ3v) is 4.00. The first-order valence-corrected chi connectivity index (χ1v) is 9.80. The van der Waals surface area contributed by atoms with Crippen molar-refractivity contribution in [3.63, 3.8) is 0 Å². The van der Waals surface area contributed by atoms with E-state index in [9.17, 15) is 19.5 Å². The number of allylic oxidation sites excluding steroid dienone is 1. The van der Waals surface area contributed by atoms with Crippen molar-refractivity contribution in [3.05, 3.63) is 48.6 Å². The second-order valence-electron chi connectivity index (χ2n) is 6.58. The number of hydrogen-bond acceptors (Lipinski definition) is 6. The summed E-state index contributed by atoms with van der Waals surface area (Å²) < 4.78 is 28.1. The third kappa shape index (κ3) is 10.2. The van der Waals surface area contributed by atoms with Crippen LogP contribution in [0.2, 0.25) is 0 Å². The number of benzene rings is 1. The van der Waals surface area contributed by atoms with Crippen molar-refractivity contribution >= 4 is 29.9 Å². The number of hydrogen-bond donors (Lipinski definition) is 5. The summed E-state index contributed by atoms with van der Waals surface area (Å²) in [6, 6.07) is 8.58. The van der Waals surface area contributed by atoms with E-state index in [4.69, 9.17) is 19.7 Å². The number of nitrogens with one attached hydrogen (secondary N) is 4. The summed E-state index contributed by atoms with van der Waals surface area (Å²) in [4.78, 5) is 35.6. The van der Waals surface area contributed by atoms with E-state index in [1.807, 2.05) is 5.32 Å². The highest BCUT2D eigenvalue weighted by molar-refractivity contribution is 5.98. The topological polar surface area (TPSA) is 159 Å². The number of alkyl carbamates (subject to hydrolysis) is 1. The van der Waals surface area contributed by atoms with Crippen molar-refractivity contribution in [1.82, 2.24) is 20.7 Å². The summed E-state index contributed by atoms with van der Waals surface area (Å²) in [7, 11) is 0. The Morgan fingerprint density at radius 3 is 2.50 bits per heavy atom. The summed E-state index contributed by atoms with van der Waals surface area (Å²) in [5.74, 6) is -4.13. The van der Waals surface area contributed by atoms with Gasteiger partial charge < -0.3 is 9.84 Å². The molecular weight excluding hydrogens is 416 g/mol. The van der Waals surface area contributed by atoms with Crippen molar-refractivity contribution in [2.75, 3.05) is 13.5 Å². The Morgan fingerprint density at radius 2 is 1.88 bits per heavy atom. The smallest absolute Gasteiger partial charge is 0.414 e. The number of amides is 2. The molecule has 0 bridgehead atoms. The maximum atomic E-state index is 12.2. The minimum atomic E-state index is -3.19. The Kier molecular flexibility index (Phi) is 9.45. The van der Waals surface area contributed by atoms with Gasteiger partial charge in [0, 0.05) is 17.5 Å². The number of guanidine groups is 2. The molecule has 11 nitrogen and oxygen atoms in total. The van der Waals surface area contributed by atoms with Crippen LogP contribution in [0.1, 0.15) is 41.8 Å².